The van der Waals surface area contributed by atoms with E-state index in [0.29, 0.717) is 24.1 Å². The van der Waals surface area contributed by atoms with E-state index in [1.54, 1.807) is 12.0 Å². The normalized spacial score (nSPS) is 15.3. The fourth-order valence-corrected chi connectivity index (χ4v) is 2.95. The Hall–Kier alpha value is -2.57. The lowest BCUT2D eigenvalue weighted by atomic mass is 9.80. The van der Waals surface area contributed by atoms with E-state index in [9.17, 15) is 4.79 Å². The number of urea groups is 1. The molecular formula is C18H25N5O2. The molecule has 7 nitrogen and oxygen atoms in total. The number of H-pyrrole nitrogens is 1. The topological polar surface area (TPSA) is 83.1 Å². The van der Waals surface area contributed by atoms with Gasteiger partial charge in [0, 0.05) is 18.7 Å². The van der Waals surface area contributed by atoms with E-state index in [-0.39, 0.29) is 12.1 Å². The lowest BCUT2D eigenvalue weighted by Crippen LogP contribution is -2.46. The van der Waals surface area contributed by atoms with Gasteiger partial charge in [0.25, 0.3) is 0 Å². The molecule has 0 unspecified atom stereocenters. The summed E-state index contributed by atoms with van der Waals surface area (Å²) in [6.45, 7) is 2.43. The quantitative estimate of drug-likeness (QED) is 0.845. The Morgan fingerprint density at radius 3 is 2.72 bits per heavy atom. The van der Waals surface area contributed by atoms with Crippen LogP contribution in [0.25, 0.3) is 11.4 Å². The molecule has 7 heteroatoms. The number of nitrogens with one attached hydrogen (secondary N) is 2. The molecule has 0 bridgehead atoms. The number of hydrogen-bond acceptors (Lipinski definition) is 4. The van der Waals surface area contributed by atoms with E-state index in [1.165, 1.54) is 19.3 Å². The second-order valence-electron chi connectivity index (χ2n) is 6.54. The maximum Gasteiger partial charge on any atom is 0.317 e. The summed E-state index contributed by atoms with van der Waals surface area (Å²) in [5, 5.41) is 9.98. The van der Waals surface area contributed by atoms with Gasteiger partial charge in [-0.05, 0) is 49.9 Å². The lowest BCUT2D eigenvalue weighted by Gasteiger charge is -2.37. The van der Waals surface area contributed by atoms with Crippen LogP contribution in [0.5, 0.6) is 5.75 Å². The zero-order valence-corrected chi connectivity index (χ0v) is 15.0. The van der Waals surface area contributed by atoms with Crippen molar-refractivity contribution >= 4 is 6.03 Å². The summed E-state index contributed by atoms with van der Waals surface area (Å²) in [6.07, 6.45) is 3.70. The SMILES string of the molecule is COc1ccc(-c2n[nH]c(CNC(=O)N(C)[C@@H](C)C3CCC3)n2)cc1. The number of carbonyl (C=O) groups excluding carboxylic acids is 1. The van der Waals surface area contributed by atoms with E-state index in [2.05, 4.69) is 27.4 Å². The third-order valence-electron chi connectivity index (χ3n) is 5.05. The van der Waals surface area contributed by atoms with Crippen molar-refractivity contribution in [1.82, 2.24) is 25.4 Å². The summed E-state index contributed by atoms with van der Waals surface area (Å²) < 4.78 is 5.15. The lowest BCUT2D eigenvalue weighted by molar-refractivity contribution is 0.139. The van der Waals surface area contributed by atoms with Crippen LogP contribution in [0, 0.1) is 5.92 Å². The molecule has 25 heavy (non-hydrogen) atoms. The van der Waals surface area contributed by atoms with Crippen LogP contribution >= 0.6 is 0 Å². The number of aromatic amines is 1. The van der Waals surface area contributed by atoms with Crippen molar-refractivity contribution in [1.29, 1.82) is 0 Å². The number of benzene rings is 1. The van der Waals surface area contributed by atoms with Gasteiger partial charge in [0.1, 0.15) is 11.6 Å². The van der Waals surface area contributed by atoms with Gasteiger partial charge in [0.15, 0.2) is 5.82 Å². The molecule has 1 aliphatic carbocycles. The fraction of sp³-hybridized carbons (Fsp3) is 0.500. The van der Waals surface area contributed by atoms with E-state index >= 15 is 0 Å². The van der Waals surface area contributed by atoms with E-state index < -0.39 is 0 Å². The van der Waals surface area contributed by atoms with Gasteiger partial charge < -0.3 is 15.0 Å². The number of methoxy groups -OCH3 is 1. The minimum absolute atomic E-state index is 0.0817. The van der Waals surface area contributed by atoms with Gasteiger partial charge in [0.05, 0.1) is 13.7 Å². The molecule has 1 fully saturated rings. The number of nitrogens with zero attached hydrogens (tertiary/aromatic N) is 3. The van der Waals surface area contributed by atoms with Gasteiger partial charge in [-0.15, -0.1) is 0 Å². The molecular weight excluding hydrogens is 318 g/mol. The Bertz CT molecular complexity index is 709. The summed E-state index contributed by atoms with van der Waals surface area (Å²) in [4.78, 5) is 18.5. The highest BCUT2D eigenvalue weighted by atomic mass is 16.5. The summed E-state index contributed by atoms with van der Waals surface area (Å²) in [6, 6.07) is 7.71. The van der Waals surface area contributed by atoms with Crippen LogP contribution in [-0.4, -0.2) is 46.3 Å². The van der Waals surface area contributed by atoms with E-state index in [4.69, 9.17) is 4.74 Å². The van der Waals surface area contributed by atoms with Crippen LogP contribution < -0.4 is 10.1 Å². The second kappa shape index (κ2) is 7.55. The van der Waals surface area contributed by atoms with Crippen molar-refractivity contribution in [2.75, 3.05) is 14.2 Å². The second-order valence-corrected chi connectivity index (χ2v) is 6.54. The molecule has 1 atom stereocenters. The van der Waals surface area contributed by atoms with Crippen molar-refractivity contribution in [3.63, 3.8) is 0 Å². The molecule has 134 valence electrons. The van der Waals surface area contributed by atoms with Crippen molar-refractivity contribution in [3.05, 3.63) is 30.1 Å². The monoisotopic (exact) mass is 343 g/mol. The Morgan fingerprint density at radius 1 is 1.40 bits per heavy atom. The molecule has 1 saturated carbocycles. The third kappa shape index (κ3) is 3.92. The van der Waals surface area contributed by atoms with Crippen LogP contribution in [0.3, 0.4) is 0 Å². The number of aromatic nitrogens is 3. The minimum atomic E-state index is -0.0817. The molecule has 1 aromatic heterocycles. The van der Waals surface area contributed by atoms with Crippen LogP contribution in [0.4, 0.5) is 4.79 Å². The maximum atomic E-state index is 12.3. The number of amides is 2. The average Bonchev–Trinajstić information content (AvgIpc) is 3.06. The van der Waals surface area contributed by atoms with Gasteiger partial charge >= 0.3 is 6.03 Å². The molecule has 0 saturated heterocycles. The smallest absolute Gasteiger partial charge is 0.317 e. The first-order chi connectivity index (χ1) is 12.1. The molecule has 1 heterocycles. The van der Waals surface area contributed by atoms with Crippen LogP contribution in [0.1, 0.15) is 32.0 Å². The van der Waals surface area contributed by atoms with Crippen molar-refractivity contribution in [2.24, 2.45) is 5.92 Å². The molecule has 0 spiro atoms. The Balaban J connectivity index is 1.54. The van der Waals surface area contributed by atoms with Crippen LogP contribution in [-0.2, 0) is 6.54 Å². The highest BCUT2D eigenvalue weighted by Crippen LogP contribution is 2.31. The zero-order chi connectivity index (χ0) is 17.8. The Labute approximate surface area is 147 Å². The minimum Gasteiger partial charge on any atom is -0.497 e. The van der Waals surface area contributed by atoms with Gasteiger partial charge in [-0.1, -0.05) is 6.42 Å². The van der Waals surface area contributed by atoms with Crippen molar-refractivity contribution in [3.8, 4) is 17.1 Å². The summed E-state index contributed by atoms with van der Waals surface area (Å²) in [7, 11) is 3.48. The Morgan fingerprint density at radius 2 is 2.12 bits per heavy atom. The predicted molar refractivity (Wildman–Crippen MR) is 95.2 cm³/mol. The number of rotatable bonds is 6. The largest absolute Gasteiger partial charge is 0.497 e. The first-order valence-electron chi connectivity index (χ1n) is 8.65. The van der Waals surface area contributed by atoms with Gasteiger partial charge in [0.2, 0.25) is 0 Å². The molecule has 1 aliphatic rings. The molecule has 2 aromatic rings. The molecule has 2 amide bonds. The summed E-state index contributed by atoms with van der Waals surface area (Å²) in [5.74, 6) is 2.64. The first kappa shape index (κ1) is 17.3. The average molecular weight is 343 g/mol. The molecule has 3 rings (SSSR count). The molecule has 0 aliphatic heterocycles. The summed E-state index contributed by atoms with van der Waals surface area (Å²) >= 11 is 0. The van der Waals surface area contributed by atoms with Crippen LogP contribution in [0.15, 0.2) is 24.3 Å². The highest BCUT2D eigenvalue weighted by Gasteiger charge is 2.28. The predicted octanol–water partition coefficient (Wildman–Crippen LogP) is 2.81. The highest BCUT2D eigenvalue weighted by molar-refractivity contribution is 5.74. The van der Waals surface area contributed by atoms with Gasteiger partial charge in [-0.25, -0.2) is 9.78 Å². The zero-order valence-electron chi connectivity index (χ0n) is 15.0. The molecule has 2 N–H and O–H groups in total. The fourth-order valence-electron chi connectivity index (χ4n) is 2.95. The molecule has 1 aromatic carbocycles. The standard InChI is InChI=1S/C18H25N5O2/c1-12(13-5-4-6-13)23(2)18(24)19-11-16-20-17(22-21-16)14-7-9-15(25-3)10-8-14/h7-10,12-13H,4-6,11H2,1-3H3,(H,19,24)(H,20,21,22)/t12-/m0/s1. The van der Waals surface area contributed by atoms with Gasteiger partial charge in [-0.2, -0.15) is 5.10 Å². The third-order valence-corrected chi connectivity index (χ3v) is 5.05. The van der Waals surface area contributed by atoms with Crippen LogP contribution in [0.2, 0.25) is 0 Å². The van der Waals surface area contributed by atoms with E-state index in [1.807, 2.05) is 31.3 Å². The molecule has 0 radical (unpaired) electrons. The number of hydrogen-bond donors (Lipinski definition) is 2. The van der Waals surface area contributed by atoms with Crippen molar-refractivity contribution in [2.45, 2.75) is 38.8 Å². The number of carbonyl (C=O) groups is 1. The number of ether oxygens (including phenoxy) is 1. The van der Waals surface area contributed by atoms with Gasteiger partial charge in [-0.3, -0.25) is 5.10 Å². The summed E-state index contributed by atoms with van der Waals surface area (Å²) in [5.41, 5.74) is 0.894. The maximum absolute atomic E-state index is 12.3. The van der Waals surface area contributed by atoms with E-state index in [0.717, 1.165) is 11.3 Å². The first-order valence-corrected chi connectivity index (χ1v) is 8.65. The van der Waals surface area contributed by atoms with Crippen molar-refractivity contribution < 1.29 is 9.53 Å². The Kier molecular flexibility index (Phi) is 5.21.